The Morgan fingerprint density at radius 3 is 2.81 bits per heavy atom. The molecule has 1 aliphatic heterocycles. The molecule has 3 nitrogen and oxygen atoms in total. The Balaban J connectivity index is 2.09. The van der Waals surface area contributed by atoms with E-state index in [4.69, 9.17) is 15.2 Å². The van der Waals surface area contributed by atoms with Gasteiger partial charge in [-0.25, -0.2) is 0 Å². The summed E-state index contributed by atoms with van der Waals surface area (Å²) >= 11 is 3.44. The molecule has 0 radical (unpaired) electrons. The highest BCUT2D eigenvalue weighted by molar-refractivity contribution is 9.10. The number of benzene rings is 1. The molecule has 0 aliphatic carbocycles. The van der Waals surface area contributed by atoms with E-state index in [1.165, 1.54) is 0 Å². The second kappa shape index (κ2) is 5.66. The maximum atomic E-state index is 5.97. The summed E-state index contributed by atoms with van der Waals surface area (Å²) < 4.78 is 12.3. The van der Waals surface area contributed by atoms with Crippen molar-refractivity contribution in [2.45, 2.75) is 25.5 Å². The van der Waals surface area contributed by atoms with Gasteiger partial charge in [-0.2, -0.15) is 0 Å². The maximum Gasteiger partial charge on any atom is 0.125 e. The average molecular weight is 286 g/mol. The van der Waals surface area contributed by atoms with Crippen LogP contribution in [-0.2, 0) is 11.3 Å². The summed E-state index contributed by atoms with van der Waals surface area (Å²) in [7, 11) is 0. The van der Waals surface area contributed by atoms with Crippen LogP contribution in [0.15, 0.2) is 22.7 Å². The fraction of sp³-hybridized carbons (Fsp3) is 0.500. The van der Waals surface area contributed by atoms with Crippen LogP contribution in [-0.4, -0.2) is 19.3 Å². The first kappa shape index (κ1) is 11.9. The van der Waals surface area contributed by atoms with E-state index in [-0.39, 0.29) is 6.10 Å². The van der Waals surface area contributed by atoms with Gasteiger partial charge in [0.1, 0.15) is 11.9 Å². The Kier molecular flexibility index (Phi) is 4.21. The molecule has 0 saturated carbocycles. The van der Waals surface area contributed by atoms with Crippen LogP contribution < -0.4 is 10.5 Å². The van der Waals surface area contributed by atoms with E-state index < -0.39 is 0 Å². The zero-order chi connectivity index (χ0) is 11.4. The van der Waals surface area contributed by atoms with Gasteiger partial charge < -0.3 is 15.2 Å². The SMILES string of the molecule is NCc1ccc(Br)cc1OC1CCOCC1. The van der Waals surface area contributed by atoms with Gasteiger partial charge in [-0.15, -0.1) is 0 Å². The number of hydrogen-bond acceptors (Lipinski definition) is 3. The monoisotopic (exact) mass is 285 g/mol. The number of rotatable bonds is 3. The normalized spacial score (nSPS) is 17.4. The molecule has 1 aromatic rings. The molecule has 88 valence electrons. The number of hydrogen-bond donors (Lipinski definition) is 1. The highest BCUT2D eigenvalue weighted by Crippen LogP contribution is 2.26. The quantitative estimate of drug-likeness (QED) is 0.928. The van der Waals surface area contributed by atoms with Crippen molar-refractivity contribution < 1.29 is 9.47 Å². The van der Waals surface area contributed by atoms with Crippen molar-refractivity contribution >= 4 is 15.9 Å². The fourth-order valence-corrected chi connectivity index (χ4v) is 2.12. The van der Waals surface area contributed by atoms with Crippen LogP contribution in [0.3, 0.4) is 0 Å². The molecule has 0 aromatic heterocycles. The van der Waals surface area contributed by atoms with Crippen LogP contribution in [0.1, 0.15) is 18.4 Å². The first-order valence-electron chi connectivity index (χ1n) is 5.52. The summed E-state index contributed by atoms with van der Waals surface area (Å²) in [5.74, 6) is 0.892. The van der Waals surface area contributed by atoms with Crippen molar-refractivity contribution in [2.75, 3.05) is 13.2 Å². The van der Waals surface area contributed by atoms with E-state index in [1.807, 2.05) is 18.2 Å². The predicted octanol–water partition coefficient (Wildman–Crippen LogP) is 2.47. The van der Waals surface area contributed by atoms with Crippen LogP contribution in [0.4, 0.5) is 0 Å². The lowest BCUT2D eigenvalue weighted by Gasteiger charge is -2.24. The Labute approximate surface area is 104 Å². The maximum absolute atomic E-state index is 5.97. The van der Waals surface area contributed by atoms with E-state index in [2.05, 4.69) is 15.9 Å². The van der Waals surface area contributed by atoms with E-state index in [0.29, 0.717) is 6.54 Å². The minimum absolute atomic E-state index is 0.258. The minimum Gasteiger partial charge on any atom is -0.490 e. The average Bonchev–Trinajstić information content (AvgIpc) is 2.31. The smallest absolute Gasteiger partial charge is 0.125 e. The second-order valence-electron chi connectivity index (χ2n) is 3.89. The number of halogens is 1. The lowest BCUT2D eigenvalue weighted by molar-refractivity contribution is 0.0252. The Morgan fingerprint density at radius 1 is 1.38 bits per heavy atom. The third kappa shape index (κ3) is 2.97. The Hall–Kier alpha value is -0.580. The predicted molar refractivity (Wildman–Crippen MR) is 66.5 cm³/mol. The van der Waals surface area contributed by atoms with Gasteiger partial charge in [-0.3, -0.25) is 0 Å². The summed E-state index contributed by atoms with van der Waals surface area (Å²) in [5, 5.41) is 0. The minimum atomic E-state index is 0.258. The van der Waals surface area contributed by atoms with E-state index >= 15 is 0 Å². The molecule has 2 rings (SSSR count). The first-order valence-corrected chi connectivity index (χ1v) is 6.32. The highest BCUT2D eigenvalue weighted by atomic mass is 79.9. The molecular weight excluding hydrogens is 270 g/mol. The third-order valence-corrected chi connectivity index (χ3v) is 3.20. The molecule has 0 spiro atoms. The van der Waals surface area contributed by atoms with Gasteiger partial charge in [0.15, 0.2) is 0 Å². The van der Waals surface area contributed by atoms with Gasteiger partial charge in [0, 0.05) is 29.4 Å². The molecule has 1 aromatic carbocycles. The van der Waals surface area contributed by atoms with Crippen LogP contribution in [0.25, 0.3) is 0 Å². The molecule has 2 N–H and O–H groups in total. The number of ether oxygens (including phenoxy) is 2. The van der Waals surface area contributed by atoms with Gasteiger partial charge in [0.2, 0.25) is 0 Å². The van der Waals surface area contributed by atoms with Crippen molar-refractivity contribution in [2.24, 2.45) is 5.73 Å². The van der Waals surface area contributed by atoms with Gasteiger partial charge >= 0.3 is 0 Å². The van der Waals surface area contributed by atoms with Gasteiger partial charge in [-0.05, 0) is 12.1 Å². The van der Waals surface area contributed by atoms with Crippen LogP contribution in [0.2, 0.25) is 0 Å². The van der Waals surface area contributed by atoms with E-state index in [9.17, 15) is 0 Å². The van der Waals surface area contributed by atoms with Gasteiger partial charge in [0.25, 0.3) is 0 Å². The topological polar surface area (TPSA) is 44.5 Å². The van der Waals surface area contributed by atoms with Crippen LogP contribution in [0, 0.1) is 0 Å². The summed E-state index contributed by atoms with van der Waals surface area (Å²) in [6.45, 7) is 2.08. The lowest BCUT2D eigenvalue weighted by Crippen LogP contribution is -2.26. The van der Waals surface area contributed by atoms with E-state index in [0.717, 1.165) is 41.8 Å². The highest BCUT2D eigenvalue weighted by Gasteiger charge is 2.16. The molecule has 0 atom stereocenters. The molecule has 0 unspecified atom stereocenters. The molecular formula is C12H16BrNO2. The zero-order valence-corrected chi connectivity index (χ0v) is 10.7. The Morgan fingerprint density at radius 2 is 2.12 bits per heavy atom. The van der Waals surface area contributed by atoms with Crippen molar-refractivity contribution in [3.63, 3.8) is 0 Å². The van der Waals surface area contributed by atoms with Crippen molar-refractivity contribution in [1.82, 2.24) is 0 Å². The van der Waals surface area contributed by atoms with E-state index in [1.54, 1.807) is 0 Å². The summed E-state index contributed by atoms with van der Waals surface area (Å²) in [4.78, 5) is 0. The molecule has 0 bridgehead atoms. The Bertz CT molecular complexity index is 351. The zero-order valence-electron chi connectivity index (χ0n) is 9.12. The van der Waals surface area contributed by atoms with Gasteiger partial charge in [0.05, 0.1) is 13.2 Å². The molecule has 4 heteroatoms. The largest absolute Gasteiger partial charge is 0.490 e. The van der Waals surface area contributed by atoms with Crippen LogP contribution in [0.5, 0.6) is 5.75 Å². The molecule has 16 heavy (non-hydrogen) atoms. The fourth-order valence-electron chi connectivity index (χ4n) is 1.78. The summed E-state index contributed by atoms with van der Waals surface area (Å²) in [6, 6.07) is 5.97. The van der Waals surface area contributed by atoms with Crippen molar-refractivity contribution in [3.8, 4) is 5.75 Å². The molecule has 0 amide bonds. The molecule has 1 fully saturated rings. The lowest BCUT2D eigenvalue weighted by atomic mass is 10.1. The third-order valence-electron chi connectivity index (χ3n) is 2.71. The summed E-state index contributed by atoms with van der Waals surface area (Å²) in [5.41, 5.74) is 6.74. The first-order chi connectivity index (χ1) is 7.79. The molecule has 1 aliphatic rings. The van der Waals surface area contributed by atoms with Crippen molar-refractivity contribution in [1.29, 1.82) is 0 Å². The standard InChI is InChI=1S/C12H16BrNO2/c13-10-2-1-9(8-14)12(7-10)16-11-3-5-15-6-4-11/h1-2,7,11H,3-6,8,14H2. The van der Waals surface area contributed by atoms with Gasteiger partial charge in [-0.1, -0.05) is 22.0 Å². The molecule has 1 heterocycles. The summed E-state index contributed by atoms with van der Waals surface area (Å²) in [6.07, 6.45) is 2.17. The number of nitrogens with two attached hydrogens (primary N) is 1. The van der Waals surface area contributed by atoms with Crippen molar-refractivity contribution in [3.05, 3.63) is 28.2 Å². The van der Waals surface area contributed by atoms with Crippen LogP contribution >= 0.6 is 15.9 Å². The molecule has 1 saturated heterocycles. The second-order valence-corrected chi connectivity index (χ2v) is 4.80.